The summed E-state index contributed by atoms with van der Waals surface area (Å²) in [5, 5.41) is 0. The van der Waals surface area contributed by atoms with Crippen molar-refractivity contribution < 1.29 is 0 Å². The highest BCUT2D eigenvalue weighted by molar-refractivity contribution is 5.10. The lowest BCUT2D eigenvalue weighted by Crippen LogP contribution is -2.03. The van der Waals surface area contributed by atoms with Crippen LogP contribution in [0.2, 0.25) is 0 Å². The van der Waals surface area contributed by atoms with Crippen LogP contribution in [0, 0.1) is 19.8 Å². The molecule has 0 spiro atoms. The topological polar surface area (TPSA) is 25.8 Å². The van der Waals surface area contributed by atoms with Gasteiger partial charge in [-0.1, -0.05) is 20.3 Å². The van der Waals surface area contributed by atoms with Crippen molar-refractivity contribution in [3.63, 3.8) is 0 Å². The zero-order chi connectivity index (χ0) is 9.84. The van der Waals surface area contributed by atoms with Crippen LogP contribution in [0.25, 0.3) is 0 Å². The lowest BCUT2D eigenvalue weighted by Gasteiger charge is -2.08. The molecule has 0 aliphatic rings. The second-order valence-corrected chi connectivity index (χ2v) is 3.75. The number of nitrogens with zero attached hydrogens (tertiary/aromatic N) is 2. The van der Waals surface area contributed by atoms with Gasteiger partial charge in [-0.05, 0) is 26.2 Å². The third-order valence-corrected chi connectivity index (χ3v) is 2.50. The van der Waals surface area contributed by atoms with Gasteiger partial charge in [-0.3, -0.25) is 9.97 Å². The highest BCUT2D eigenvalue weighted by Crippen LogP contribution is 2.09. The number of hydrogen-bond donors (Lipinski definition) is 0. The number of aromatic nitrogens is 2. The molecule has 13 heavy (non-hydrogen) atoms. The van der Waals surface area contributed by atoms with E-state index in [4.69, 9.17) is 0 Å². The summed E-state index contributed by atoms with van der Waals surface area (Å²) < 4.78 is 0. The van der Waals surface area contributed by atoms with E-state index in [1.165, 1.54) is 6.42 Å². The molecule has 0 saturated heterocycles. The molecule has 0 N–H and O–H groups in total. The Morgan fingerprint density at radius 2 is 2.00 bits per heavy atom. The molecule has 72 valence electrons. The molecule has 0 bridgehead atoms. The van der Waals surface area contributed by atoms with Gasteiger partial charge < -0.3 is 0 Å². The predicted octanol–water partition coefficient (Wildman–Crippen LogP) is 2.68. The van der Waals surface area contributed by atoms with Gasteiger partial charge in [-0.25, -0.2) is 0 Å². The predicted molar refractivity (Wildman–Crippen MR) is 54.7 cm³/mol. The van der Waals surface area contributed by atoms with Gasteiger partial charge in [0.25, 0.3) is 0 Å². The van der Waals surface area contributed by atoms with Crippen LogP contribution in [0.15, 0.2) is 6.20 Å². The van der Waals surface area contributed by atoms with Crippen molar-refractivity contribution in [2.24, 2.45) is 5.92 Å². The second kappa shape index (κ2) is 4.35. The van der Waals surface area contributed by atoms with Crippen LogP contribution in [0.4, 0.5) is 0 Å². The monoisotopic (exact) mass is 178 g/mol. The molecule has 1 atom stereocenters. The van der Waals surface area contributed by atoms with Gasteiger partial charge in [-0.15, -0.1) is 0 Å². The third kappa shape index (κ3) is 2.79. The van der Waals surface area contributed by atoms with E-state index in [-0.39, 0.29) is 0 Å². The number of rotatable bonds is 3. The van der Waals surface area contributed by atoms with Gasteiger partial charge in [0.1, 0.15) is 0 Å². The molecule has 0 fully saturated rings. The molecule has 0 unspecified atom stereocenters. The van der Waals surface area contributed by atoms with Crippen LogP contribution in [0.5, 0.6) is 0 Å². The minimum atomic E-state index is 0.705. The Kier molecular flexibility index (Phi) is 3.40. The van der Waals surface area contributed by atoms with Crippen molar-refractivity contribution in [2.45, 2.75) is 40.5 Å². The molecule has 0 aliphatic heterocycles. The molecule has 0 aliphatic carbocycles. The van der Waals surface area contributed by atoms with Crippen LogP contribution in [-0.4, -0.2) is 9.97 Å². The molecular weight excluding hydrogens is 160 g/mol. The van der Waals surface area contributed by atoms with E-state index in [0.717, 1.165) is 23.5 Å². The molecule has 0 amide bonds. The van der Waals surface area contributed by atoms with Crippen molar-refractivity contribution in [1.29, 1.82) is 0 Å². The smallest absolute Gasteiger partial charge is 0.0592 e. The highest BCUT2D eigenvalue weighted by Gasteiger charge is 2.03. The van der Waals surface area contributed by atoms with Crippen molar-refractivity contribution in [1.82, 2.24) is 9.97 Å². The normalized spacial score (nSPS) is 12.9. The first kappa shape index (κ1) is 10.2. The Hall–Kier alpha value is -0.920. The van der Waals surface area contributed by atoms with E-state index in [1.54, 1.807) is 0 Å². The van der Waals surface area contributed by atoms with Gasteiger partial charge in [0, 0.05) is 6.20 Å². The van der Waals surface area contributed by atoms with Gasteiger partial charge >= 0.3 is 0 Å². The van der Waals surface area contributed by atoms with E-state index in [0.29, 0.717) is 5.92 Å². The summed E-state index contributed by atoms with van der Waals surface area (Å²) in [7, 11) is 0. The number of hydrogen-bond acceptors (Lipinski definition) is 2. The van der Waals surface area contributed by atoms with Crippen molar-refractivity contribution >= 4 is 0 Å². The standard InChI is InChI=1S/C11H18N2/c1-5-8(2)6-11-7-12-9(3)10(4)13-11/h7-8H,5-6H2,1-4H3/t8-/m1/s1. The average Bonchev–Trinajstić information content (AvgIpc) is 2.11. The van der Waals surface area contributed by atoms with Gasteiger partial charge in [-0.2, -0.15) is 0 Å². The molecule has 0 saturated carbocycles. The Morgan fingerprint density at radius 3 is 2.54 bits per heavy atom. The molecule has 1 aromatic rings. The fourth-order valence-electron chi connectivity index (χ4n) is 1.19. The van der Waals surface area contributed by atoms with E-state index >= 15 is 0 Å². The molecule has 2 heteroatoms. The molecule has 0 radical (unpaired) electrons. The Labute approximate surface area is 80.4 Å². The van der Waals surface area contributed by atoms with Crippen LogP contribution in [-0.2, 0) is 6.42 Å². The first-order valence-corrected chi connectivity index (χ1v) is 4.92. The fraction of sp³-hybridized carbons (Fsp3) is 0.636. The first-order valence-electron chi connectivity index (χ1n) is 4.92. The molecule has 1 rings (SSSR count). The van der Waals surface area contributed by atoms with Crippen molar-refractivity contribution in [3.05, 3.63) is 23.3 Å². The maximum absolute atomic E-state index is 4.50. The summed E-state index contributed by atoms with van der Waals surface area (Å²) in [6.07, 6.45) is 4.15. The fourth-order valence-corrected chi connectivity index (χ4v) is 1.19. The lowest BCUT2D eigenvalue weighted by molar-refractivity contribution is 0.550. The van der Waals surface area contributed by atoms with Crippen LogP contribution >= 0.6 is 0 Å². The van der Waals surface area contributed by atoms with Crippen LogP contribution in [0.3, 0.4) is 0 Å². The zero-order valence-corrected chi connectivity index (χ0v) is 8.96. The minimum Gasteiger partial charge on any atom is -0.258 e. The minimum absolute atomic E-state index is 0.705. The summed E-state index contributed by atoms with van der Waals surface area (Å²) >= 11 is 0. The average molecular weight is 178 g/mol. The van der Waals surface area contributed by atoms with Gasteiger partial charge in [0.2, 0.25) is 0 Å². The number of aryl methyl sites for hydroxylation is 2. The van der Waals surface area contributed by atoms with E-state index in [1.807, 2.05) is 20.0 Å². The van der Waals surface area contributed by atoms with Crippen molar-refractivity contribution in [2.75, 3.05) is 0 Å². The molecule has 0 aromatic carbocycles. The van der Waals surface area contributed by atoms with Crippen molar-refractivity contribution in [3.8, 4) is 0 Å². The molecular formula is C11H18N2. The maximum Gasteiger partial charge on any atom is 0.0592 e. The quantitative estimate of drug-likeness (QED) is 0.711. The van der Waals surface area contributed by atoms with E-state index in [9.17, 15) is 0 Å². The Morgan fingerprint density at radius 1 is 1.31 bits per heavy atom. The summed E-state index contributed by atoms with van der Waals surface area (Å²) in [6.45, 7) is 8.47. The molecule has 1 heterocycles. The summed E-state index contributed by atoms with van der Waals surface area (Å²) in [6, 6.07) is 0. The zero-order valence-electron chi connectivity index (χ0n) is 8.96. The summed E-state index contributed by atoms with van der Waals surface area (Å²) in [5.74, 6) is 0.705. The SMILES string of the molecule is CC[C@@H](C)Cc1cnc(C)c(C)n1. The summed E-state index contributed by atoms with van der Waals surface area (Å²) in [4.78, 5) is 8.80. The third-order valence-electron chi connectivity index (χ3n) is 2.50. The Bertz CT molecular complexity index is 281. The van der Waals surface area contributed by atoms with Crippen LogP contribution < -0.4 is 0 Å². The van der Waals surface area contributed by atoms with Crippen LogP contribution in [0.1, 0.15) is 37.4 Å². The van der Waals surface area contributed by atoms with E-state index in [2.05, 4.69) is 23.8 Å². The maximum atomic E-state index is 4.50. The lowest BCUT2D eigenvalue weighted by atomic mass is 10.0. The Balaban J connectivity index is 2.73. The first-order chi connectivity index (χ1) is 6.13. The molecule has 1 aromatic heterocycles. The summed E-state index contributed by atoms with van der Waals surface area (Å²) in [5.41, 5.74) is 3.21. The van der Waals surface area contributed by atoms with Gasteiger partial charge in [0.05, 0.1) is 17.1 Å². The second-order valence-electron chi connectivity index (χ2n) is 3.75. The highest BCUT2D eigenvalue weighted by atomic mass is 14.8. The largest absolute Gasteiger partial charge is 0.258 e. The van der Waals surface area contributed by atoms with E-state index < -0.39 is 0 Å². The van der Waals surface area contributed by atoms with Gasteiger partial charge in [0.15, 0.2) is 0 Å². The molecule has 2 nitrogen and oxygen atoms in total.